The second-order valence-corrected chi connectivity index (χ2v) is 4.49. The number of para-hydroxylation sites is 1. The first-order valence-electron chi connectivity index (χ1n) is 5.63. The van der Waals surface area contributed by atoms with Gasteiger partial charge in [-0.1, -0.05) is 30.4 Å². The molecule has 0 aliphatic rings. The molecule has 0 fully saturated rings. The molecule has 0 atom stereocenters. The molecule has 0 aliphatic heterocycles. The molecule has 98 valence electrons. The van der Waals surface area contributed by atoms with E-state index < -0.39 is 0 Å². The lowest BCUT2D eigenvalue weighted by Crippen LogP contribution is -2.10. The summed E-state index contributed by atoms with van der Waals surface area (Å²) in [5.74, 6) is 6.69. The van der Waals surface area contributed by atoms with Crippen molar-refractivity contribution in [1.29, 1.82) is 0 Å². The highest BCUT2D eigenvalue weighted by atomic mass is 79.9. The second kappa shape index (κ2) is 6.31. The van der Waals surface area contributed by atoms with Gasteiger partial charge in [0.1, 0.15) is 5.75 Å². The predicted molar refractivity (Wildman–Crippen MR) is 78.8 cm³/mol. The van der Waals surface area contributed by atoms with Crippen molar-refractivity contribution in [2.45, 2.75) is 6.92 Å². The zero-order valence-corrected chi connectivity index (χ0v) is 11.9. The number of anilines is 1. The van der Waals surface area contributed by atoms with Gasteiger partial charge in [-0.05, 0) is 28.9 Å². The van der Waals surface area contributed by atoms with E-state index in [1.165, 1.54) is 0 Å². The summed E-state index contributed by atoms with van der Waals surface area (Å²) in [5, 5.41) is 0. The van der Waals surface area contributed by atoms with Gasteiger partial charge in [0, 0.05) is 5.56 Å². The van der Waals surface area contributed by atoms with Gasteiger partial charge in [-0.15, -0.1) is 0 Å². The van der Waals surface area contributed by atoms with Gasteiger partial charge in [0.2, 0.25) is 11.8 Å². The van der Waals surface area contributed by atoms with Crippen molar-refractivity contribution in [3.8, 4) is 11.6 Å². The van der Waals surface area contributed by atoms with E-state index in [1.807, 2.05) is 43.3 Å². The summed E-state index contributed by atoms with van der Waals surface area (Å²) in [6.45, 7) is 1.95. The average molecular weight is 321 g/mol. The van der Waals surface area contributed by atoms with E-state index in [4.69, 9.17) is 10.6 Å². The van der Waals surface area contributed by atoms with Crippen LogP contribution in [0, 0.1) is 0 Å². The van der Waals surface area contributed by atoms with E-state index in [-0.39, 0.29) is 0 Å². The molecule has 0 amide bonds. The monoisotopic (exact) mass is 320 g/mol. The van der Waals surface area contributed by atoms with E-state index in [1.54, 1.807) is 6.20 Å². The van der Waals surface area contributed by atoms with Crippen LogP contribution in [0.3, 0.4) is 0 Å². The van der Waals surface area contributed by atoms with Crippen LogP contribution >= 0.6 is 15.9 Å². The van der Waals surface area contributed by atoms with Crippen molar-refractivity contribution in [3.63, 3.8) is 0 Å². The number of hydrogen-bond acceptors (Lipinski definition) is 5. The van der Waals surface area contributed by atoms with Gasteiger partial charge in [-0.25, -0.2) is 10.8 Å². The Morgan fingerprint density at radius 2 is 2.16 bits per heavy atom. The molecule has 1 heterocycles. The SMILES string of the molecule is C/C=C/c1ccccc1Oc1nc(NN)ncc1Br. The zero-order chi connectivity index (χ0) is 13.7. The number of hydrazine groups is 1. The first-order chi connectivity index (χ1) is 9.24. The number of rotatable bonds is 4. The summed E-state index contributed by atoms with van der Waals surface area (Å²) in [6.07, 6.45) is 5.49. The molecule has 0 bridgehead atoms. The maximum Gasteiger partial charge on any atom is 0.240 e. The molecular formula is C13H13BrN4O. The highest BCUT2D eigenvalue weighted by Crippen LogP contribution is 2.30. The molecule has 0 radical (unpaired) electrons. The summed E-state index contributed by atoms with van der Waals surface area (Å²) < 4.78 is 6.44. The topological polar surface area (TPSA) is 73.1 Å². The van der Waals surface area contributed by atoms with E-state index in [0.29, 0.717) is 22.1 Å². The molecule has 2 rings (SSSR count). The summed E-state index contributed by atoms with van der Waals surface area (Å²) in [7, 11) is 0. The minimum Gasteiger partial charge on any atom is -0.437 e. The zero-order valence-electron chi connectivity index (χ0n) is 10.3. The molecule has 0 saturated heterocycles. The molecule has 0 spiro atoms. The number of nitrogens with zero attached hydrogens (tertiary/aromatic N) is 2. The van der Waals surface area contributed by atoms with Crippen LogP contribution in [0.25, 0.3) is 6.08 Å². The average Bonchev–Trinajstić information content (AvgIpc) is 2.43. The van der Waals surface area contributed by atoms with Gasteiger partial charge in [-0.2, -0.15) is 4.98 Å². The Bertz CT molecular complexity index is 601. The highest BCUT2D eigenvalue weighted by molar-refractivity contribution is 9.10. The number of hydrogen-bond donors (Lipinski definition) is 2. The summed E-state index contributed by atoms with van der Waals surface area (Å²) >= 11 is 3.34. The molecule has 19 heavy (non-hydrogen) atoms. The number of allylic oxidation sites excluding steroid dienone is 1. The fraction of sp³-hybridized carbons (Fsp3) is 0.0769. The van der Waals surface area contributed by atoms with E-state index >= 15 is 0 Å². The smallest absolute Gasteiger partial charge is 0.240 e. The molecule has 0 aliphatic carbocycles. The fourth-order valence-electron chi connectivity index (χ4n) is 1.49. The first kappa shape index (κ1) is 13.5. The Morgan fingerprint density at radius 1 is 1.37 bits per heavy atom. The molecule has 6 heteroatoms. The van der Waals surface area contributed by atoms with Gasteiger partial charge in [0.05, 0.1) is 10.7 Å². The standard InChI is InChI=1S/C13H13BrN4O/c1-2-5-9-6-3-4-7-11(9)19-12-10(14)8-16-13(17-12)18-15/h2-8H,15H2,1H3,(H,16,17,18)/b5-2+. The maximum absolute atomic E-state index is 5.79. The molecular weight excluding hydrogens is 308 g/mol. The van der Waals surface area contributed by atoms with Gasteiger partial charge >= 0.3 is 0 Å². The lowest BCUT2D eigenvalue weighted by molar-refractivity contribution is 0.458. The van der Waals surface area contributed by atoms with Gasteiger partial charge in [0.15, 0.2) is 0 Å². The van der Waals surface area contributed by atoms with Gasteiger partial charge in [0.25, 0.3) is 0 Å². The number of aromatic nitrogens is 2. The van der Waals surface area contributed by atoms with Crippen LogP contribution in [0.1, 0.15) is 12.5 Å². The van der Waals surface area contributed by atoms with Gasteiger partial charge in [-0.3, -0.25) is 5.43 Å². The number of nitrogens with two attached hydrogens (primary N) is 1. The van der Waals surface area contributed by atoms with Crippen molar-refractivity contribution >= 4 is 28.0 Å². The van der Waals surface area contributed by atoms with Crippen LogP contribution in [0.15, 0.2) is 41.0 Å². The number of ether oxygens (including phenoxy) is 1. The third-order valence-corrected chi connectivity index (χ3v) is 2.86. The van der Waals surface area contributed by atoms with E-state index in [9.17, 15) is 0 Å². The van der Waals surface area contributed by atoms with Crippen molar-refractivity contribution in [2.24, 2.45) is 5.84 Å². The third kappa shape index (κ3) is 3.30. The lowest BCUT2D eigenvalue weighted by atomic mass is 10.2. The van der Waals surface area contributed by atoms with Crippen molar-refractivity contribution < 1.29 is 4.74 Å². The van der Waals surface area contributed by atoms with Gasteiger partial charge < -0.3 is 4.74 Å². The third-order valence-electron chi connectivity index (χ3n) is 2.31. The lowest BCUT2D eigenvalue weighted by Gasteiger charge is -2.10. The Hall–Kier alpha value is -1.92. The quantitative estimate of drug-likeness (QED) is 0.667. The van der Waals surface area contributed by atoms with Crippen LogP contribution in [0.2, 0.25) is 0 Å². The van der Waals surface area contributed by atoms with E-state index in [2.05, 4.69) is 31.3 Å². The Labute approximate surface area is 119 Å². The van der Waals surface area contributed by atoms with Crippen LogP contribution in [-0.2, 0) is 0 Å². The maximum atomic E-state index is 5.79. The largest absolute Gasteiger partial charge is 0.437 e. The molecule has 1 aromatic carbocycles. The Morgan fingerprint density at radius 3 is 2.89 bits per heavy atom. The molecule has 3 N–H and O–H groups in total. The van der Waals surface area contributed by atoms with Crippen molar-refractivity contribution in [2.75, 3.05) is 5.43 Å². The predicted octanol–water partition coefficient (Wildman–Crippen LogP) is 3.35. The molecule has 2 aromatic rings. The van der Waals surface area contributed by atoms with Crippen molar-refractivity contribution in [1.82, 2.24) is 9.97 Å². The fourth-order valence-corrected chi connectivity index (χ4v) is 1.76. The van der Waals surface area contributed by atoms with Crippen LogP contribution in [0.4, 0.5) is 5.95 Å². The molecule has 0 unspecified atom stereocenters. The Balaban J connectivity index is 2.35. The minimum atomic E-state index is 0.293. The molecule has 5 nitrogen and oxygen atoms in total. The first-order valence-corrected chi connectivity index (χ1v) is 6.42. The number of nitrogen functional groups attached to an aromatic ring is 1. The normalized spacial score (nSPS) is 10.7. The van der Waals surface area contributed by atoms with Crippen LogP contribution in [0.5, 0.6) is 11.6 Å². The number of benzene rings is 1. The molecule has 0 saturated carbocycles. The number of nitrogens with one attached hydrogen (secondary N) is 1. The number of halogens is 1. The highest BCUT2D eigenvalue weighted by Gasteiger charge is 2.08. The van der Waals surface area contributed by atoms with E-state index in [0.717, 1.165) is 5.56 Å². The van der Waals surface area contributed by atoms with Crippen molar-refractivity contribution in [3.05, 3.63) is 46.6 Å². The summed E-state index contributed by atoms with van der Waals surface area (Å²) in [6, 6.07) is 7.69. The van der Waals surface area contributed by atoms with Crippen LogP contribution < -0.4 is 16.0 Å². The van der Waals surface area contributed by atoms with Crippen LogP contribution in [-0.4, -0.2) is 9.97 Å². The summed E-state index contributed by atoms with van der Waals surface area (Å²) in [5.41, 5.74) is 3.35. The Kier molecular flexibility index (Phi) is 4.48. The second-order valence-electron chi connectivity index (χ2n) is 3.63. The molecule has 1 aromatic heterocycles. The summed E-state index contributed by atoms with van der Waals surface area (Å²) in [4.78, 5) is 8.12. The minimum absolute atomic E-state index is 0.293.